The fourth-order valence-corrected chi connectivity index (χ4v) is 3.36. The van der Waals surface area contributed by atoms with Crippen LogP contribution in [0.3, 0.4) is 0 Å². The van der Waals surface area contributed by atoms with Crippen LogP contribution in [-0.4, -0.2) is 37.2 Å². The zero-order chi connectivity index (χ0) is 19.3. The molecule has 26 heavy (non-hydrogen) atoms. The van der Waals surface area contributed by atoms with Crippen molar-refractivity contribution in [2.24, 2.45) is 0 Å². The first kappa shape index (κ1) is 19.7. The molecule has 0 aromatic heterocycles. The van der Waals surface area contributed by atoms with Crippen molar-refractivity contribution < 1.29 is 23.1 Å². The minimum Gasteiger partial charge on any atom is -0.478 e. The Morgan fingerprint density at radius 3 is 2.00 bits per heavy atom. The van der Waals surface area contributed by atoms with Gasteiger partial charge in [0.2, 0.25) is 0 Å². The molecule has 6 nitrogen and oxygen atoms in total. The van der Waals surface area contributed by atoms with E-state index in [0.29, 0.717) is 18.5 Å². The number of nitrogens with one attached hydrogen (secondary N) is 1. The van der Waals surface area contributed by atoms with E-state index >= 15 is 0 Å². The number of hydrogen-bond donors (Lipinski definition) is 2. The Morgan fingerprint density at radius 1 is 0.962 bits per heavy atom. The van der Waals surface area contributed by atoms with Crippen LogP contribution in [-0.2, 0) is 16.3 Å². The highest BCUT2D eigenvalue weighted by molar-refractivity contribution is 7.92. The van der Waals surface area contributed by atoms with Crippen molar-refractivity contribution in [2.45, 2.75) is 30.4 Å². The number of carbonyl (C=O) groups excluding carboxylic acids is 1. The van der Waals surface area contributed by atoms with Crippen LogP contribution in [0.25, 0.3) is 0 Å². The number of carboxylic acids is 1. The van der Waals surface area contributed by atoms with E-state index < -0.39 is 21.1 Å². The van der Waals surface area contributed by atoms with Crippen LogP contribution in [0.1, 0.15) is 40.1 Å². The van der Waals surface area contributed by atoms with Crippen molar-refractivity contribution in [2.75, 3.05) is 6.54 Å². The number of carbonyl (C=O) groups is 2. The molecular weight excluding hydrogens is 354 g/mol. The van der Waals surface area contributed by atoms with Crippen LogP contribution in [0, 0.1) is 0 Å². The van der Waals surface area contributed by atoms with Gasteiger partial charge in [-0.25, -0.2) is 13.2 Å². The first-order valence-corrected chi connectivity index (χ1v) is 9.71. The van der Waals surface area contributed by atoms with Crippen molar-refractivity contribution in [3.05, 3.63) is 65.2 Å². The lowest BCUT2D eigenvalue weighted by molar-refractivity contribution is 0.0696. The average Bonchev–Trinajstić information content (AvgIpc) is 2.62. The summed E-state index contributed by atoms with van der Waals surface area (Å²) >= 11 is 0. The minimum atomic E-state index is -3.36. The molecule has 0 bridgehead atoms. The van der Waals surface area contributed by atoms with Crippen LogP contribution < -0.4 is 5.32 Å². The molecule has 0 radical (unpaired) electrons. The second kappa shape index (κ2) is 8.14. The number of carboxylic acid groups (broad SMARTS) is 1. The number of hydrogen-bond acceptors (Lipinski definition) is 4. The van der Waals surface area contributed by atoms with E-state index in [1.165, 1.54) is 36.4 Å². The Morgan fingerprint density at radius 2 is 1.50 bits per heavy atom. The summed E-state index contributed by atoms with van der Waals surface area (Å²) in [7, 11) is -3.36. The van der Waals surface area contributed by atoms with E-state index in [-0.39, 0.29) is 16.4 Å². The molecule has 0 heterocycles. The predicted molar refractivity (Wildman–Crippen MR) is 98.2 cm³/mol. The van der Waals surface area contributed by atoms with Gasteiger partial charge < -0.3 is 10.4 Å². The van der Waals surface area contributed by atoms with Gasteiger partial charge in [0, 0.05) is 12.1 Å². The topological polar surface area (TPSA) is 101 Å². The van der Waals surface area contributed by atoms with Crippen LogP contribution in [0.5, 0.6) is 0 Å². The SMILES string of the molecule is CC(C)S(=O)(=O)c1ccc(C(=O)NCCc2ccc(C(=O)O)cc2)cc1. The highest BCUT2D eigenvalue weighted by Gasteiger charge is 2.19. The van der Waals surface area contributed by atoms with Crippen LogP contribution >= 0.6 is 0 Å². The third kappa shape index (κ3) is 4.70. The van der Waals surface area contributed by atoms with E-state index in [1.54, 1.807) is 26.0 Å². The van der Waals surface area contributed by atoms with Crippen LogP contribution in [0.2, 0.25) is 0 Å². The Hall–Kier alpha value is -2.67. The van der Waals surface area contributed by atoms with Crippen molar-refractivity contribution in [3.63, 3.8) is 0 Å². The molecule has 2 aromatic carbocycles. The molecule has 1 amide bonds. The molecule has 0 saturated heterocycles. The molecule has 2 N–H and O–H groups in total. The first-order chi connectivity index (χ1) is 12.2. The summed E-state index contributed by atoms with van der Waals surface area (Å²) in [5.41, 5.74) is 1.51. The number of amides is 1. The van der Waals surface area contributed by atoms with Gasteiger partial charge in [-0.05, 0) is 62.2 Å². The number of rotatable bonds is 7. The molecular formula is C19H21NO5S. The maximum Gasteiger partial charge on any atom is 0.335 e. The molecule has 0 aliphatic heterocycles. The summed E-state index contributed by atoms with van der Waals surface area (Å²) in [5.74, 6) is -1.27. The Labute approximate surface area is 152 Å². The summed E-state index contributed by atoms with van der Waals surface area (Å²) in [6.45, 7) is 3.61. The smallest absolute Gasteiger partial charge is 0.335 e. The fraction of sp³-hybridized carbons (Fsp3) is 0.263. The molecule has 2 aromatic rings. The van der Waals surface area contributed by atoms with Crippen molar-refractivity contribution in [1.82, 2.24) is 5.32 Å². The van der Waals surface area contributed by atoms with Gasteiger partial charge in [-0.3, -0.25) is 4.79 Å². The van der Waals surface area contributed by atoms with Gasteiger partial charge >= 0.3 is 5.97 Å². The first-order valence-electron chi connectivity index (χ1n) is 8.16. The highest BCUT2D eigenvalue weighted by Crippen LogP contribution is 2.16. The lowest BCUT2D eigenvalue weighted by Gasteiger charge is -2.09. The van der Waals surface area contributed by atoms with E-state index in [4.69, 9.17) is 5.11 Å². The zero-order valence-corrected chi connectivity index (χ0v) is 15.4. The van der Waals surface area contributed by atoms with Gasteiger partial charge in [-0.1, -0.05) is 12.1 Å². The standard InChI is InChI=1S/C19H21NO5S/c1-13(2)26(24,25)17-9-7-15(8-10-17)18(21)20-12-11-14-3-5-16(6-4-14)19(22)23/h3-10,13H,11-12H2,1-2H3,(H,20,21)(H,22,23). The van der Waals surface area contributed by atoms with E-state index in [9.17, 15) is 18.0 Å². The number of aromatic carboxylic acids is 1. The molecule has 0 saturated carbocycles. The molecule has 138 valence electrons. The molecule has 2 rings (SSSR count). The van der Waals surface area contributed by atoms with Crippen LogP contribution in [0.15, 0.2) is 53.4 Å². The van der Waals surface area contributed by atoms with Gasteiger partial charge in [0.25, 0.3) is 5.91 Å². The number of sulfone groups is 1. The van der Waals surface area contributed by atoms with Gasteiger partial charge in [0.1, 0.15) is 0 Å². The van der Waals surface area contributed by atoms with E-state index in [0.717, 1.165) is 5.56 Å². The zero-order valence-electron chi connectivity index (χ0n) is 14.6. The van der Waals surface area contributed by atoms with Gasteiger partial charge in [0.05, 0.1) is 15.7 Å². The summed E-state index contributed by atoms with van der Waals surface area (Å²) < 4.78 is 24.1. The number of benzene rings is 2. The average molecular weight is 375 g/mol. The molecule has 0 aliphatic carbocycles. The van der Waals surface area contributed by atoms with Crippen molar-refractivity contribution >= 4 is 21.7 Å². The maximum absolute atomic E-state index is 12.1. The Bertz CT molecular complexity index is 885. The lowest BCUT2D eigenvalue weighted by atomic mass is 10.1. The Kier molecular flexibility index (Phi) is 6.15. The minimum absolute atomic E-state index is 0.197. The van der Waals surface area contributed by atoms with Gasteiger partial charge in [-0.15, -0.1) is 0 Å². The fourth-order valence-electron chi connectivity index (χ4n) is 2.30. The normalized spacial score (nSPS) is 11.3. The second-order valence-corrected chi connectivity index (χ2v) is 8.63. The van der Waals surface area contributed by atoms with Gasteiger partial charge in [0.15, 0.2) is 9.84 Å². The summed E-state index contributed by atoms with van der Waals surface area (Å²) in [6, 6.07) is 12.3. The maximum atomic E-state index is 12.1. The van der Waals surface area contributed by atoms with E-state index in [2.05, 4.69) is 5.32 Å². The second-order valence-electron chi connectivity index (χ2n) is 6.13. The molecule has 7 heteroatoms. The van der Waals surface area contributed by atoms with E-state index in [1.807, 2.05) is 0 Å². The molecule has 0 unspecified atom stereocenters. The summed E-state index contributed by atoms with van der Waals surface area (Å²) in [5, 5.41) is 11.1. The monoisotopic (exact) mass is 375 g/mol. The summed E-state index contributed by atoms with van der Waals surface area (Å²) in [6.07, 6.45) is 0.561. The molecule has 0 aliphatic rings. The predicted octanol–water partition coefficient (Wildman–Crippen LogP) is 2.54. The van der Waals surface area contributed by atoms with Crippen LogP contribution in [0.4, 0.5) is 0 Å². The van der Waals surface area contributed by atoms with Crippen molar-refractivity contribution in [1.29, 1.82) is 0 Å². The largest absolute Gasteiger partial charge is 0.478 e. The molecule has 0 spiro atoms. The molecule has 0 fully saturated rings. The Balaban J connectivity index is 1.93. The third-order valence-electron chi connectivity index (χ3n) is 3.97. The quantitative estimate of drug-likeness (QED) is 0.774. The lowest BCUT2D eigenvalue weighted by Crippen LogP contribution is -2.25. The van der Waals surface area contributed by atoms with Gasteiger partial charge in [-0.2, -0.15) is 0 Å². The highest BCUT2D eigenvalue weighted by atomic mass is 32.2. The molecule has 0 atom stereocenters. The third-order valence-corrected chi connectivity index (χ3v) is 6.14. The van der Waals surface area contributed by atoms with Crippen molar-refractivity contribution in [3.8, 4) is 0 Å². The summed E-state index contributed by atoms with van der Waals surface area (Å²) in [4.78, 5) is 23.1.